The molecule has 0 aliphatic rings. The monoisotopic (exact) mass is 403 g/mol. The molecule has 31 heavy (non-hydrogen) atoms. The Morgan fingerprint density at radius 2 is 1.58 bits per heavy atom. The Morgan fingerprint density at radius 3 is 2.35 bits per heavy atom. The van der Waals surface area contributed by atoms with Gasteiger partial charge < -0.3 is 9.84 Å². The highest BCUT2D eigenvalue weighted by atomic mass is 16.5. The van der Waals surface area contributed by atoms with E-state index in [0.717, 1.165) is 39.3 Å². The highest BCUT2D eigenvalue weighted by Gasteiger charge is 2.17. The zero-order valence-electron chi connectivity index (χ0n) is 16.9. The van der Waals surface area contributed by atoms with Gasteiger partial charge in [0.15, 0.2) is 0 Å². The molecule has 5 rings (SSSR count). The maximum Gasteiger partial charge on any atom is 0.220 e. The molecule has 149 valence electrons. The Hall–Kier alpha value is -4.18. The Kier molecular flexibility index (Phi) is 4.81. The lowest BCUT2D eigenvalue weighted by Crippen LogP contribution is -1.95. The highest BCUT2D eigenvalue weighted by Crippen LogP contribution is 2.39. The standard InChI is InChI=1S/C27H19N2O2/c1-31-21-14-8-13-20(15-21)24-17-28-27(30)23-16-22(18-9-4-2-5-10-18)25(29-26(23)24)19-11-6-3-7-12-19/h2,4-17H,1H3,(H,28,30). The van der Waals surface area contributed by atoms with Gasteiger partial charge in [-0.25, -0.2) is 9.97 Å². The van der Waals surface area contributed by atoms with Crippen LogP contribution in [0, 0.1) is 6.07 Å². The molecular weight excluding hydrogens is 384 g/mol. The summed E-state index contributed by atoms with van der Waals surface area (Å²) >= 11 is 0. The number of hydrogen-bond acceptors (Lipinski definition) is 4. The first-order valence-electron chi connectivity index (χ1n) is 9.93. The molecule has 0 saturated carbocycles. The van der Waals surface area contributed by atoms with Gasteiger partial charge in [-0.2, -0.15) is 0 Å². The number of methoxy groups -OCH3 is 1. The van der Waals surface area contributed by atoms with Crippen LogP contribution in [0.1, 0.15) is 0 Å². The van der Waals surface area contributed by atoms with Crippen molar-refractivity contribution in [1.82, 2.24) is 9.97 Å². The SMILES string of the molecule is COc1cccc(-c2cnc(O)c3cc(-c4ccccc4)c(-c4cc[c]cc4)nc23)c1. The molecule has 2 aromatic heterocycles. The molecule has 0 atom stereocenters. The van der Waals surface area contributed by atoms with E-state index >= 15 is 0 Å². The van der Waals surface area contributed by atoms with Gasteiger partial charge in [0.2, 0.25) is 5.88 Å². The zero-order chi connectivity index (χ0) is 21.2. The van der Waals surface area contributed by atoms with Crippen molar-refractivity contribution in [2.45, 2.75) is 0 Å². The maximum absolute atomic E-state index is 10.6. The zero-order valence-corrected chi connectivity index (χ0v) is 16.9. The van der Waals surface area contributed by atoms with Crippen LogP contribution in [0.4, 0.5) is 0 Å². The molecule has 0 unspecified atom stereocenters. The Labute approximate surface area is 180 Å². The number of fused-ring (bicyclic) bond motifs is 1. The van der Waals surface area contributed by atoms with Crippen molar-refractivity contribution in [1.29, 1.82) is 0 Å². The fraction of sp³-hybridized carbons (Fsp3) is 0.0370. The topological polar surface area (TPSA) is 55.2 Å². The second kappa shape index (κ2) is 7.92. The smallest absolute Gasteiger partial charge is 0.220 e. The van der Waals surface area contributed by atoms with E-state index in [1.807, 2.05) is 84.9 Å². The van der Waals surface area contributed by atoms with Crippen molar-refractivity contribution in [2.24, 2.45) is 0 Å². The largest absolute Gasteiger partial charge is 0.497 e. The van der Waals surface area contributed by atoms with Crippen molar-refractivity contribution in [2.75, 3.05) is 7.11 Å². The van der Waals surface area contributed by atoms with Gasteiger partial charge in [0.05, 0.1) is 23.7 Å². The van der Waals surface area contributed by atoms with Gasteiger partial charge in [-0.05, 0) is 35.4 Å². The average Bonchev–Trinajstić information content (AvgIpc) is 2.85. The van der Waals surface area contributed by atoms with Crippen LogP contribution in [0.5, 0.6) is 11.6 Å². The number of nitrogens with zero attached hydrogens (tertiary/aromatic N) is 2. The van der Waals surface area contributed by atoms with E-state index in [9.17, 15) is 5.11 Å². The van der Waals surface area contributed by atoms with Crippen LogP contribution >= 0.6 is 0 Å². The van der Waals surface area contributed by atoms with Gasteiger partial charge in [0, 0.05) is 22.9 Å². The lowest BCUT2D eigenvalue weighted by Gasteiger charge is -2.14. The minimum Gasteiger partial charge on any atom is -0.497 e. The van der Waals surface area contributed by atoms with E-state index < -0.39 is 0 Å². The van der Waals surface area contributed by atoms with Crippen LogP contribution in [-0.2, 0) is 0 Å². The van der Waals surface area contributed by atoms with Crippen molar-refractivity contribution in [3.05, 3.63) is 97.2 Å². The van der Waals surface area contributed by atoms with Gasteiger partial charge >= 0.3 is 0 Å². The summed E-state index contributed by atoms with van der Waals surface area (Å²) < 4.78 is 5.39. The van der Waals surface area contributed by atoms with Crippen LogP contribution in [0.3, 0.4) is 0 Å². The molecule has 0 amide bonds. The molecule has 0 aliphatic heterocycles. The fourth-order valence-electron chi connectivity index (χ4n) is 3.75. The molecule has 1 radical (unpaired) electrons. The van der Waals surface area contributed by atoms with Crippen LogP contribution in [0.2, 0.25) is 0 Å². The summed E-state index contributed by atoms with van der Waals surface area (Å²) in [4.78, 5) is 9.31. The maximum atomic E-state index is 10.6. The lowest BCUT2D eigenvalue weighted by molar-refractivity contribution is 0.415. The third kappa shape index (κ3) is 3.49. The molecule has 0 fully saturated rings. The number of aromatic nitrogens is 2. The lowest BCUT2D eigenvalue weighted by atomic mass is 9.96. The fourth-order valence-corrected chi connectivity index (χ4v) is 3.75. The number of rotatable bonds is 4. The first-order valence-corrected chi connectivity index (χ1v) is 9.93. The molecule has 4 heteroatoms. The first-order chi connectivity index (χ1) is 15.2. The first kappa shape index (κ1) is 18.8. The molecule has 0 saturated heterocycles. The Balaban J connectivity index is 1.84. The molecular formula is C27H19N2O2. The van der Waals surface area contributed by atoms with Crippen molar-refractivity contribution in [3.63, 3.8) is 0 Å². The third-order valence-corrected chi connectivity index (χ3v) is 5.29. The van der Waals surface area contributed by atoms with E-state index in [2.05, 4.69) is 11.1 Å². The molecule has 5 aromatic rings. The van der Waals surface area contributed by atoms with Gasteiger partial charge in [0.25, 0.3) is 0 Å². The van der Waals surface area contributed by atoms with Crippen molar-refractivity contribution >= 4 is 10.9 Å². The van der Waals surface area contributed by atoms with E-state index in [-0.39, 0.29) is 5.88 Å². The van der Waals surface area contributed by atoms with Crippen LogP contribution in [0.25, 0.3) is 44.4 Å². The second-order valence-corrected chi connectivity index (χ2v) is 7.16. The van der Waals surface area contributed by atoms with E-state index in [1.54, 1.807) is 13.3 Å². The molecule has 0 aliphatic carbocycles. The van der Waals surface area contributed by atoms with Crippen molar-refractivity contribution < 1.29 is 9.84 Å². The third-order valence-electron chi connectivity index (χ3n) is 5.29. The number of ether oxygens (including phenoxy) is 1. The number of pyridine rings is 2. The predicted octanol–water partition coefficient (Wildman–Crippen LogP) is 6.15. The number of aromatic hydroxyl groups is 1. The van der Waals surface area contributed by atoms with Gasteiger partial charge in [-0.1, -0.05) is 66.7 Å². The second-order valence-electron chi connectivity index (χ2n) is 7.16. The summed E-state index contributed by atoms with van der Waals surface area (Å²) in [6.07, 6.45) is 1.66. The molecule has 0 bridgehead atoms. The van der Waals surface area contributed by atoms with Crippen LogP contribution in [0.15, 0.2) is 91.1 Å². The van der Waals surface area contributed by atoms with E-state index in [0.29, 0.717) is 10.9 Å². The van der Waals surface area contributed by atoms with Crippen molar-refractivity contribution in [3.8, 4) is 45.1 Å². The summed E-state index contributed by atoms with van der Waals surface area (Å²) in [5.74, 6) is 0.706. The predicted molar refractivity (Wildman–Crippen MR) is 123 cm³/mol. The Morgan fingerprint density at radius 1 is 0.806 bits per heavy atom. The van der Waals surface area contributed by atoms with Gasteiger partial charge in [0.1, 0.15) is 5.75 Å². The minimum atomic E-state index is -0.0423. The van der Waals surface area contributed by atoms with E-state index in [4.69, 9.17) is 9.72 Å². The summed E-state index contributed by atoms with van der Waals surface area (Å²) in [7, 11) is 1.64. The Bertz CT molecular complexity index is 1370. The summed E-state index contributed by atoms with van der Waals surface area (Å²) in [6, 6.07) is 30.6. The van der Waals surface area contributed by atoms with Crippen LogP contribution < -0.4 is 4.74 Å². The highest BCUT2D eigenvalue weighted by molar-refractivity contribution is 6.00. The molecule has 0 spiro atoms. The number of hydrogen-bond donors (Lipinski definition) is 1. The normalized spacial score (nSPS) is 10.9. The summed E-state index contributed by atoms with van der Waals surface area (Å²) in [5, 5.41) is 11.2. The minimum absolute atomic E-state index is 0.0423. The molecule has 1 N–H and O–H groups in total. The summed E-state index contributed by atoms with van der Waals surface area (Å²) in [6.45, 7) is 0. The molecule has 4 nitrogen and oxygen atoms in total. The van der Waals surface area contributed by atoms with Crippen LogP contribution in [-0.4, -0.2) is 22.2 Å². The average molecular weight is 403 g/mol. The quantitative estimate of drug-likeness (QED) is 0.391. The van der Waals surface area contributed by atoms with E-state index in [1.165, 1.54) is 0 Å². The molecule has 2 heterocycles. The summed E-state index contributed by atoms with van der Waals surface area (Å²) in [5.41, 5.74) is 6.20. The number of benzene rings is 3. The molecule has 3 aromatic carbocycles. The van der Waals surface area contributed by atoms with Gasteiger partial charge in [-0.15, -0.1) is 0 Å². The van der Waals surface area contributed by atoms with Gasteiger partial charge in [-0.3, -0.25) is 0 Å².